The number of pyridine rings is 1. The molecule has 2 aromatic carbocycles. The number of hydrogen-bond acceptors (Lipinski definition) is 4. The van der Waals surface area contributed by atoms with Gasteiger partial charge in [-0.2, -0.15) is 0 Å². The summed E-state index contributed by atoms with van der Waals surface area (Å²) in [7, 11) is 0. The van der Waals surface area contributed by atoms with E-state index in [0.29, 0.717) is 17.1 Å². The molecule has 0 bridgehead atoms. The lowest BCUT2D eigenvalue weighted by molar-refractivity contribution is -0.133. The number of ether oxygens (including phenoxy) is 1. The van der Waals surface area contributed by atoms with Crippen molar-refractivity contribution in [3.8, 4) is 0 Å². The molecule has 3 aromatic rings. The van der Waals surface area contributed by atoms with Crippen molar-refractivity contribution < 1.29 is 14.3 Å². The van der Waals surface area contributed by atoms with Gasteiger partial charge in [0.05, 0.1) is 29.9 Å². The van der Waals surface area contributed by atoms with Crippen molar-refractivity contribution in [2.45, 2.75) is 25.4 Å². The lowest BCUT2D eigenvalue weighted by Crippen LogP contribution is -2.50. The average Bonchev–Trinajstić information content (AvgIpc) is 2.84. The lowest BCUT2D eigenvalue weighted by Gasteiger charge is -2.33. The molecule has 1 saturated heterocycles. The van der Waals surface area contributed by atoms with Crippen molar-refractivity contribution in [2.24, 2.45) is 5.73 Å². The fourth-order valence-corrected chi connectivity index (χ4v) is 4.85. The van der Waals surface area contributed by atoms with Gasteiger partial charge in [-0.1, -0.05) is 48.0 Å². The molecule has 1 unspecified atom stereocenters. The molecule has 0 radical (unpaired) electrons. The summed E-state index contributed by atoms with van der Waals surface area (Å²) in [5.74, 6) is -0.669. The van der Waals surface area contributed by atoms with E-state index in [-0.39, 0.29) is 19.1 Å². The van der Waals surface area contributed by atoms with E-state index in [4.69, 9.17) is 27.1 Å². The van der Waals surface area contributed by atoms with E-state index >= 15 is 0 Å². The number of benzene rings is 2. The van der Waals surface area contributed by atoms with Gasteiger partial charge in [-0.3, -0.25) is 9.59 Å². The average molecular weight is 462 g/mol. The maximum atomic E-state index is 13.8. The fraction of sp³-hybridized carbons (Fsp3) is 0.269. The number of amides is 2. The summed E-state index contributed by atoms with van der Waals surface area (Å²) in [6.45, 7) is 0.848. The molecule has 1 atom stereocenters. The third-order valence-corrected chi connectivity index (χ3v) is 6.63. The second kappa shape index (κ2) is 8.96. The number of carbonyl (C=O) groups excluding carboxylic acids is 2. The quantitative estimate of drug-likeness (QED) is 0.636. The van der Waals surface area contributed by atoms with Crippen LogP contribution in [0.2, 0.25) is 5.02 Å². The van der Waals surface area contributed by atoms with E-state index < -0.39 is 12.0 Å². The second-order valence-electron chi connectivity index (χ2n) is 8.39. The van der Waals surface area contributed by atoms with Crippen LogP contribution in [0.3, 0.4) is 0 Å². The monoisotopic (exact) mass is 461 g/mol. The van der Waals surface area contributed by atoms with Crippen molar-refractivity contribution in [1.82, 2.24) is 9.88 Å². The standard InChI is InChI=1S/C26H24ClN3O3/c27-20-10-3-1-6-16(20)14-17-7-5-9-19-23(18-8-2-4-11-21(18)29-24(17)19)26(32)30-12-13-33-22(15-30)25(28)31/h1-4,6,8,10-11,14,22H,5,7,9,12-13,15H2,(H2,28,31). The zero-order chi connectivity index (χ0) is 22.9. The van der Waals surface area contributed by atoms with E-state index in [0.717, 1.165) is 52.6 Å². The van der Waals surface area contributed by atoms with Gasteiger partial charge in [0, 0.05) is 17.0 Å². The number of primary amides is 1. The van der Waals surface area contributed by atoms with Crippen molar-refractivity contribution in [2.75, 3.05) is 19.7 Å². The predicted octanol–water partition coefficient (Wildman–Crippen LogP) is 4.09. The molecule has 168 valence electrons. The molecule has 5 rings (SSSR count). The normalized spacial score (nSPS) is 19.5. The van der Waals surface area contributed by atoms with Crippen molar-refractivity contribution >= 4 is 46.0 Å². The number of hydrogen-bond donors (Lipinski definition) is 1. The summed E-state index contributed by atoms with van der Waals surface area (Å²) < 4.78 is 5.45. The highest BCUT2D eigenvalue weighted by atomic mass is 35.5. The third-order valence-electron chi connectivity index (χ3n) is 6.29. The van der Waals surface area contributed by atoms with Crippen molar-refractivity contribution in [3.63, 3.8) is 0 Å². The highest BCUT2D eigenvalue weighted by Gasteiger charge is 2.32. The predicted molar refractivity (Wildman–Crippen MR) is 129 cm³/mol. The summed E-state index contributed by atoms with van der Waals surface area (Å²) >= 11 is 6.41. The molecular formula is C26H24ClN3O3. The van der Waals surface area contributed by atoms with Gasteiger partial charge in [-0.05, 0) is 54.2 Å². The summed E-state index contributed by atoms with van der Waals surface area (Å²) in [5, 5.41) is 1.50. The Morgan fingerprint density at radius 1 is 1.12 bits per heavy atom. The summed E-state index contributed by atoms with van der Waals surface area (Å²) in [6, 6.07) is 15.4. The van der Waals surface area contributed by atoms with E-state index in [1.807, 2.05) is 48.5 Å². The number of nitrogens with two attached hydrogens (primary N) is 1. The summed E-state index contributed by atoms with van der Waals surface area (Å²) in [4.78, 5) is 32.1. The highest BCUT2D eigenvalue weighted by molar-refractivity contribution is 6.32. The third kappa shape index (κ3) is 4.12. The molecule has 2 heterocycles. The van der Waals surface area contributed by atoms with E-state index in [1.54, 1.807) is 4.90 Å². The van der Waals surface area contributed by atoms with Gasteiger partial charge >= 0.3 is 0 Å². The van der Waals surface area contributed by atoms with Crippen LogP contribution in [-0.2, 0) is 16.0 Å². The van der Waals surface area contributed by atoms with Crippen LogP contribution in [0.1, 0.15) is 40.0 Å². The number of para-hydroxylation sites is 1. The van der Waals surface area contributed by atoms with Crippen LogP contribution in [0.15, 0.2) is 48.5 Å². The zero-order valence-corrected chi connectivity index (χ0v) is 18.8. The number of nitrogens with zero attached hydrogens (tertiary/aromatic N) is 2. The number of halogens is 1. The van der Waals surface area contributed by atoms with Gasteiger partial charge < -0.3 is 15.4 Å². The van der Waals surface area contributed by atoms with E-state index in [2.05, 4.69) is 6.08 Å². The maximum absolute atomic E-state index is 13.8. The van der Waals surface area contributed by atoms with Gasteiger partial charge in [-0.25, -0.2) is 4.98 Å². The van der Waals surface area contributed by atoms with Gasteiger partial charge in [0.25, 0.3) is 5.91 Å². The number of fused-ring (bicyclic) bond motifs is 2. The van der Waals surface area contributed by atoms with E-state index in [9.17, 15) is 9.59 Å². The van der Waals surface area contributed by atoms with Crippen molar-refractivity contribution in [1.29, 1.82) is 0 Å². The largest absolute Gasteiger partial charge is 0.367 e. The zero-order valence-electron chi connectivity index (χ0n) is 18.1. The second-order valence-corrected chi connectivity index (χ2v) is 8.80. The van der Waals surface area contributed by atoms with Crippen LogP contribution in [0, 0.1) is 0 Å². The topological polar surface area (TPSA) is 85.5 Å². The minimum absolute atomic E-state index is 0.113. The summed E-state index contributed by atoms with van der Waals surface area (Å²) in [6.07, 6.45) is 3.82. The Kier molecular flexibility index (Phi) is 5.87. The Morgan fingerprint density at radius 2 is 1.91 bits per heavy atom. The molecule has 2 amide bonds. The fourth-order valence-electron chi connectivity index (χ4n) is 4.66. The first-order valence-electron chi connectivity index (χ1n) is 11.1. The Bertz CT molecular complexity index is 1290. The first-order chi connectivity index (χ1) is 16.0. The first kappa shape index (κ1) is 21.6. The smallest absolute Gasteiger partial charge is 0.255 e. The molecule has 7 heteroatoms. The molecule has 0 saturated carbocycles. The molecule has 1 aliphatic heterocycles. The molecule has 6 nitrogen and oxygen atoms in total. The van der Waals surface area contributed by atoms with Gasteiger partial charge in [0.2, 0.25) is 5.91 Å². The molecule has 2 aliphatic rings. The van der Waals surface area contributed by atoms with Crippen LogP contribution in [0.5, 0.6) is 0 Å². The number of rotatable bonds is 3. The van der Waals surface area contributed by atoms with E-state index in [1.165, 1.54) is 0 Å². The summed E-state index contributed by atoms with van der Waals surface area (Å²) in [5.41, 5.74) is 10.7. The van der Waals surface area contributed by atoms with Gasteiger partial charge in [0.15, 0.2) is 6.10 Å². The Hall–Kier alpha value is -3.22. The number of carbonyl (C=O) groups is 2. The Morgan fingerprint density at radius 3 is 2.73 bits per heavy atom. The molecule has 2 N–H and O–H groups in total. The Labute approximate surface area is 197 Å². The van der Waals surface area contributed by atoms with Crippen LogP contribution in [0.25, 0.3) is 22.6 Å². The Balaban J connectivity index is 1.65. The number of allylic oxidation sites excluding steroid dienone is 1. The molecule has 33 heavy (non-hydrogen) atoms. The highest BCUT2D eigenvalue weighted by Crippen LogP contribution is 2.37. The van der Waals surface area contributed by atoms with Crippen LogP contribution in [-0.4, -0.2) is 47.5 Å². The number of aromatic nitrogens is 1. The minimum atomic E-state index is -0.790. The van der Waals surface area contributed by atoms with Crippen LogP contribution >= 0.6 is 11.6 Å². The molecule has 0 spiro atoms. The first-order valence-corrected chi connectivity index (χ1v) is 11.5. The molecule has 1 fully saturated rings. The molecule has 1 aromatic heterocycles. The number of morpholine rings is 1. The maximum Gasteiger partial charge on any atom is 0.255 e. The van der Waals surface area contributed by atoms with Crippen molar-refractivity contribution in [3.05, 3.63) is 75.9 Å². The van der Waals surface area contributed by atoms with Crippen LogP contribution < -0.4 is 5.73 Å². The molecular weight excluding hydrogens is 438 g/mol. The molecule has 1 aliphatic carbocycles. The van der Waals surface area contributed by atoms with Gasteiger partial charge in [-0.15, -0.1) is 0 Å². The van der Waals surface area contributed by atoms with Gasteiger partial charge in [0.1, 0.15) is 0 Å². The van der Waals surface area contributed by atoms with Crippen LogP contribution in [0.4, 0.5) is 0 Å². The SMILES string of the molecule is NC(=O)C1CN(C(=O)c2c3c(nc4ccccc24)C(=Cc2ccccc2Cl)CCC3)CCO1. The minimum Gasteiger partial charge on any atom is -0.367 e. The lowest BCUT2D eigenvalue weighted by atomic mass is 9.85.